The minimum absolute atomic E-state index is 0.604. The molecule has 0 heterocycles. The number of allylic oxidation sites excluding steroid dienone is 3. The van der Waals surface area contributed by atoms with Crippen LogP contribution in [0.2, 0.25) is 0 Å². The van der Waals surface area contributed by atoms with E-state index in [2.05, 4.69) is 11.3 Å². The van der Waals surface area contributed by atoms with Gasteiger partial charge in [0.05, 0.1) is 11.2 Å². The van der Waals surface area contributed by atoms with Gasteiger partial charge in [-0.3, -0.25) is 5.41 Å². The van der Waals surface area contributed by atoms with E-state index in [0.717, 1.165) is 11.2 Å². The summed E-state index contributed by atoms with van der Waals surface area (Å²) in [5, 5.41) is 6.76. The molecule has 0 aromatic carbocycles. The van der Waals surface area contributed by atoms with Gasteiger partial charge in [-0.15, -0.1) is 0 Å². The molecule has 0 aliphatic heterocycles. The zero-order valence-corrected chi connectivity index (χ0v) is 7.82. The first-order chi connectivity index (χ1) is 5.76. The van der Waals surface area contributed by atoms with E-state index in [4.69, 9.17) is 11.1 Å². The quantitative estimate of drug-likeness (QED) is 0.263. The van der Waals surface area contributed by atoms with Gasteiger partial charge in [0.1, 0.15) is 0 Å². The number of nitrogens with two attached hydrogens (primary N) is 1. The summed E-state index contributed by atoms with van der Waals surface area (Å²) in [6, 6.07) is 0. The molecular weight excluding hydrogens is 170 g/mol. The fraction of sp³-hybridized carbons (Fsp3) is 0.125. The van der Waals surface area contributed by atoms with Gasteiger partial charge in [-0.05, 0) is 31.0 Å². The van der Waals surface area contributed by atoms with Gasteiger partial charge in [0, 0.05) is 5.70 Å². The lowest BCUT2D eigenvalue weighted by Crippen LogP contribution is -2.02. The molecule has 4 heteroatoms. The van der Waals surface area contributed by atoms with Crippen LogP contribution in [-0.4, -0.2) is 6.34 Å². The van der Waals surface area contributed by atoms with Crippen molar-refractivity contribution in [2.75, 3.05) is 0 Å². The van der Waals surface area contributed by atoms with Crippen LogP contribution in [0.4, 0.5) is 0 Å². The Hall–Kier alpha value is -1.16. The molecule has 0 amide bonds. The van der Waals surface area contributed by atoms with Gasteiger partial charge in [0.25, 0.3) is 0 Å². The van der Waals surface area contributed by atoms with E-state index in [1.807, 2.05) is 19.1 Å². The van der Waals surface area contributed by atoms with Crippen molar-refractivity contribution in [1.82, 2.24) is 4.72 Å². The minimum Gasteiger partial charge on any atom is -0.398 e. The predicted molar refractivity (Wildman–Crippen MR) is 55.7 cm³/mol. The van der Waals surface area contributed by atoms with E-state index < -0.39 is 0 Å². The van der Waals surface area contributed by atoms with Crippen molar-refractivity contribution < 1.29 is 0 Å². The standard InChI is InChI=1S/C8H13N3S/c1-3-5-8(7(10)4-2)12-11-6-9/h3-6H,2,10H2,1H3,(H2,9,11)/b5-3-,8-7-. The van der Waals surface area contributed by atoms with E-state index in [0.29, 0.717) is 5.70 Å². The molecule has 0 rings (SSSR count). The van der Waals surface area contributed by atoms with Crippen molar-refractivity contribution in [3.63, 3.8) is 0 Å². The predicted octanol–water partition coefficient (Wildman–Crippen LogP) is 1.76. The Morgan fingerprint density at radius 3 is 2.75 bits per heavy atom. The SMILES string of the molecule is C=C/C(N)=C(\C=C/C)SNC=N. The third kappa shape index (κ3) is 3.88. The summed E-state index contributed by atoms with van der Waals surface area (Å²) in [5.41, 5.74) is 6.22. The maximum atomic E-state index is 6.76. The first kappa shape index (κ1) is 10.8. The zero-order chi connectivity index (χ0) is 9.40. The lowest BCUT2D eigenvalue weighted by molar-refractivity contribution is 1.40. The van der Waals surface area contributed by atoms with E-state index in [-0.39, 0.29) is 0 Å². The average molecular weight is 183 g/mol. The fourth-order valence-corrected chi connectivity index (χ4v) is 1.13. The van der Waals surface area contributed by atoms with Crippen molar-refractivity contribution >= 4 is 18.3 Å². The van der Waals surface area contributed by atoms with E-state index in [9.17, 15) is 0 Å². The summed E-state index contributed by atoms with van der Waals surface area (Å²) in [6.45, 7) is 5.46. The molecule has 0 radical (unpaired) electrons. The molecule has 12 heavy (non-hydrogen) atoms. The molecule has 4 N–H and O–H groups in total. The second-order valence-corrected chi connectivity index (χ2v) is 2.77. The molecule has 0 aliphatic carbocycles. The van der Waals surface area contributed by atoms with Crippen LogP contribution < -0.4 is 10.5 Å². The summed E-state index contributed by atoms with van der Waals surface area (Å²) in [6.07, 6.45) is 6.42. The second-order valence-electron chi connectivity index (χ2n) is 1.89. The minimum atomic E-state index is 0.604. The van der Waals surface area contributed by atoms with E-state index >= 15 is 0 Å². The second kappa shape index (κ2) is 6.54. The Morgan fingerprint density at radius 2 is 2.33 bits per heavy atom. The topological polar surface area (TPSA) is 61.9 Å². The molecule has 0 saturated carbocycles. The Balaban J connectivity index is 4.41. The highest BCUT2D eigenvalue weighted by molar-refractivity contribution is 8.01. The molecular formula is C8H13N3S. The highest BCUT2D eigenvalue weighted by Gasteiger charge is 1.95. The van der Waals surface area contributed by atoms with Gasteiger partial charge in [0.2, 0.25) is 0 Å². The van der Waals surface area contributed by atoms with Crippen molar-refractivity contribution in [1.29, 1.82) is 5.41 Å². The van der Waals surface area contributed by atoms with E-state index in [1.165, 1.54) is 11.9 Å². The Kier molecular flexibility index (Phi) is 5.91. The first-order valence-electron chi connectivity index (χ1n) is 3.42. The molecule has 0 aromatic rings. The Labute approximate surface area is 77.1 Å². The summed E-state index contributed by atoms with van der Waals surface area (Å²) >= 11 is 1.28. The van der Waals surface area contributed by atoms with Gasteiger partial charge in [-0.1, -0.05) is 12.7 Å². The zero-order valence-electron chi connectivity index (χ0n) is 7.00. The lowest BCUT2D eigenvalue weighted by atomic mass is 10.4. The number of hydrogen-bond donors (Lipinski definition) is 3. The molecule has 0 unspecified atom stereocenters. The third-order valence-electron chi connectivity index (χ3n) is 1.05. The maximum absolute atomic E-state index is 6.76. The van der Waals surface area contributed by atoms with Gasteiger partial charge in [-0.2, -0.15) is 0 Å². The summed E-state index contributed by atoms with van der Waals surface area (Å²) in [7, 11) is 0. The van der Waals surface area contributed by atoms with Crippen molar-refractivity contribution in [3.05, 3.63) is 35.4 Å². The van der Waals surface area contributed by atoms with Gasteiger partial charge in [0.15, 0.2) is 0 Å². The van der Waals surface area contributed by atoms with Crippen LogP contribution in [0.25, 0.3) is 0 Å². The van der Waals surface area contributed by atoms with Crippen LogP contribution in [-0.2, 0) is 0 Å². The summed E-state index contributed by atoms with van der Waals surface area (Å²) in [5.74, 6) is 0. The van der Waals surface area contributed by atoms with Gasteiger partial charge in [-0.25, -0.2) is 0 Å². The van der Waals surface area contributed by atoms with Crippen LogP contribution >= 0.6 is 11.9 Å². The molecule has 3 nitrogen and oxygen atoms in total. The molecule has 0 aromatic heterocycles. The van der Waals surface area contributed by atoms with Crippen LogP contribution in [0, 0.1) is 5.41 Å². The van der Waals surface area contributed by atoms with Crippen LogP contribution in [0.5, 0.6) is 0 Å². The Morgan fingerprint density at radius 1 is 1.67 bits per heavy atom. The Bertz CT molecular complexity index is 218. The molecule has 0 aliphatic rings. The van der Waals surface area contributed by atoms with Crippen LogP contribution in [0.1, 0.15) is 6.92 Å². The van der Waals surface area contributed by atoms with Crippen molar-refractivity contribution in [2.24, 2.45) is 5.73 Å². The lowest BCUT2D eigenvalue weighted by Gasteiger charge is -2.02. The van der Waals surface area contributed by atoms with Crippen LogP contribution in [0.3, 0.4) is 0 Å². The molecule has 0 bridgehead atoms. The van der Waals surface area contributed by atoms with Crippen LogP contribution in [0.15, 0.2) is 35.4 Å². The third-order valence-corrected chi connectivity index (χ3v) is 1.88. The maximum Gasteiger partial charge on any atom is 0.0893 e. The number of hydrogen-bond acceptors (Lipinski definition) is 3. The summed E-state index contributed by atoms with van der Waals surface area (Å²) < 4.78 is 2.67. The molecule has 0 spiro atoms. The number of rotatable bonds is 5. The molecule has 0 saturated heterocycles. The monoisotopic (exact) mass is 183 g/mol. The highest BCUT2D eigenvalue weighted by atomic mass is 32.2. The fourth-order valence-electron chi connectivity index (χ4n) is 0.534. The number of nitrogens with one attached hydrogen (secondary N) is 2. The van der Waals surface area contributed by atoms with E-state index in [1.54, 1.807) is 6.08 Å². The highest BCUT2D eigenvalue weighted by Crippen LogP contribution is 2.15. The summed E-state index contributed by atoms with van der Waals surface area (Å²) in [4.78, 5) is 0.857. The van der Waals surface area contributed by atoms with Gasteiger partial charge < -0.3 is 10.5 Å². The van der Waals surface area contributed by atoms with Gasteiger partial charge >= 0.3 is 0 Å². The van der Waals surface area contributed by atoms with Crippen molar-refractivity contribution in [3.8, 4) is 0 Å². The molecule has 0 atom stereocenters. The molecule has 0 fully saturated rings. The molecule has 66 valence electrons. The normalized spacial score (nSPS) is 12.4. The largest absolute Gasteiger partial charge is 0.398 e. The van der Waals surface area contributed by atoms with Crippen molar-refractivity contribution in [2.45, 2.75) is 6.92 Å². The first-order valence-corrected chi connectivity index (χ1v) is 4.24. The smallest absolute Gasteiger partial charge is 0.0893 e. The average Bonchev–Trinajstić information content (AvgIpc) is 2.11.